The number of nitrogens with zero attached hydrogens (tertiary/aromatic N) is 1. The van der Waals surface area contributed by atoms with Crippen LogP contribution in [0.3, 0.4) is 0 Å². The Bertz CT molecular complexity index is 1090. The molecule has 0 bridgehead atoms. The lowest BCUT2D eigenvalue weighted by Crippen LogP contribution is -2.51. The SMILES string of the molecule is CCCCNC(=O)[C@@H](Cc1ccccc1)N(Cc1cccc(Cl)c1)C(=O)Cc1ccccc1F. The normalized spacial score (nSPS) is 11.6. The van der Waals surface area contributed by atoms with E-state index in [0.717, 1.165) is 24.0 Å². The quantitative estimate of drug-likeness (QED) is 0.364. The molecule has 1 atom stereocenters. The van der Waals surface area contributed by atoms with Gasteiger partial charge < -0.3 is 10.2 Å². The van der Waals surface area contributed by atoms with Crippen molar-refractivity contribution in [3.05, 3.63) is 106 Å². The van der Waals surface area contributed by atoms with E-state index in [-0.39, 0.29) is 24.8 Å². The van der Waals surface area contributed by atoms with Crippen LogP contribution in [0.4, 0.5) is 4.39 Å². The lowest BCUT2D eigenvalue weighted by atomic mass is 10.0. The highest BCUT2D eigenvalue weighted by Gasteiger charge is 2.30. The van der Waals surface area contributed by atoms with E-state index in [2.05, 4.69) is 12.2 Å². The summed E-state index contributed by atoms with van der Waals surface area (Å²) in [6.07, 6.45) is 2.01. The first-order valence-electron chi connectivity index (χ1n) is 11.6. The van der Waals surface area contributed by atoms with E-state index < -0.39 is 11.9 Å². The second-order valence-electron chi connectivity index (χ2n) is 8.27. The molecule has 0 aromatic heterocycles. The van der Waals surface area contributed by atoms with Crippen molar-refractivity contribution in [1.29, 1.82) is 0 Å². The minimum Gasteiger partial charge on any atom is -0.354 e. The van der Waals surface area contributed by atoms with Crippen molar-refractivity contribution < 1.29 is 14.0 Å². The third-order valence-corrected chi connectivity index (χ3v) is 5.88. The fraction of sp³-hybridized carbons (Fsp3) is 0.286. The second-order valence-corrected chi connectivity index (χ2v) is 8.71. The van der Waals surface area contributed by atoms with Gasteiger partial charge in [-0.25, -0.2) is 4.39 Å². The van der Waals surface area contributed by atoms with Gasteiger partial charge in [0.25, 0.3) is 0 Å². The minimum atomic E-state index is -0.752. The minimum absolute atomic E-state index is 0.138. The number of unbranched alkanes of at least 4 members (excludes halogenated alkanes) is 1. The lowest BCUT2D eigenvalue weighted by molar-refractivity contribution is -0.140. The van der Waals surface area contributed by atoms with Gasteiger partial charge in [0, 0.05) is 24.5 Å². The molecule has 1 N–H and O–H groups in total. The second kappa shape index (κ2) is 12.9. The standard InChI is InChI=1S/C28H30ClFN2O2/c1-2-3-16-31-28(34)26(18-21-10-5-4-6-11-21)32(20-22-12-9-14-24(29)17-22)27(33)19-23-13-7-8-15-25(23)30/h4-15,17,26H,2-3,16,18-20H2,1H3,(H,31,34)/t26-/m1/s1. The van der Waals surface area contributed by atoms with E-state index in [9.17, 15) is 14.0 Å². The molecule has 0 radical (unpaired) electrons. The van der Waals surface area contributed by atoms with Crippen molar-refractivity contribution in [3.8, 4) is 0 Å². The van der Waals surface area contributed by atoms with E-state index in [0.29, 0.717) is 23.6 Å². The number of carbonyl (C=O) groups excluding carboxylic acids is 2. The van der Waals surface area contributed by atoms with Crippen LogP contribution in [0.2, 0.25) is 5.02 Å². The third kappa shape index (κ3) is 7.42. The van der Waals surface area contributed by atoms with Gasteiger partial charge >= 0.3 is 0 Å². The van der Waals surface area contributed by atoms with Crippen molar-refractivity contribution in [2.45, 2.75) is 45.2 Å². The Labute approximate surface area is 205 Å². The lowest BCUT2D eigenvalue weighted by Gasteiger charge is -2.32. The summed E-state index contributed by atoms with van der Waals surface area (Å²) in [6, 6.07) is 22.3. The maximum absolute atomic E-state index is 14.3. The van der Waals surface area contributed by atoms with Crippen molar-refractivity contribution in [2.24, 2.45) is 0 Å². The maximum atomic E-state index is 14.3. The number of halogens is 2. The Balaban J connectivity index is 1.95. The van der Waals surface area contributed by atoms with Gasteiger partial charge in [-0.3, -0.25) is 9.59 Å². The molecule has 3 aromatic carbocycles. The molecule has 0 aliphatic carbocycles. The van der Waals surface area contributed by atoms with Crippen LogP contribution in [0.1, 0.15) is 36.5 Å². The van der Waals surface area contributed by atoms with Gasteiger partial charge in [0.1, 0.15) is 11.9 Å². The number of amides is 2. The Morgan fingerprint density at radius 3 is 2.38 bits per heavy atom. The van der Waals surface area contributed by atoms with Gasteiger partial charge in [0.15, 0.2) is 0 Å². The summed E-state index contributed by atoms with van der Waals surface area (Å²) in [4.78, 5) is 28.5. The van der Waals surface area contributed by atoms with Gasteiger partial charge in [0.05, 0.1) is 6.42 Å². The molecule has 0 spiro atoms. The van der Waals surface area contributed by atoms with Crippen LogP contribution in [-0.4, -0.2) is 29.3 Å². The van der Waals surface area contributed by atoms with Crippen LogP contribution in [0.15, 0.2) is 78.9 Å². The molecule has 6 heteroatoms. The molecular formula is C28H30ClFN2O2. The number of carbonyl (C=O) groups is 2. The van der Waals surface area contributed by atoms with E-state index in [4.69, 9.17) is 11.6 Å². The van der Waals surface area contributed by atoms with Crippen molar-refractivity contribution >= 4 is 23.4 Å². The highest BCUT2D eigenvalue weighted by Crippen LogP contribution is 2.19. The summed E-state index contributed by atoms with van der Waals surface area (Å²) in [7, 11) is 0. The molecule has 34 heavy (non-hydrogen) atoms. The van der Waals surface area contributed by atoms with Crippen LogP contribution >= 0.6 is 11.6 Å². The largest absolute Gasteiger partial charge is 0.354 e. The number of benzene rings is 3. The molecule has 0 fully saturated rings. The molecule has 178 valence electrons. The smallest absolute Gasteiger partial charge is 0.243 e. The number of rotatable bonds is 11. The van der Waals surface area contributed by atoms with Crippen LogP contribution < -0.4 is 5.32 Å². The Morgan fingerprint density at radius 1 is 0.971 bits per heavy atom. The first-order valence-corrected chi connectivity index (χ1v) is 11.9. The number of hydrogen-bond donors (Lipinski definition) is 1. The zero-order valence-corrected chi connectivity index (χ0v) is 20.1. The number of nitrogens with one attached hydrogen (secondary N) is 1. The van der Waals surface area contributed by atoms with Crippen molar-refractivity contribution in [3.63, 3.8) is 0 Å². The van der Waals surface area contributed by atoms with Crippen LogP contribution in [0, 0.1) is 5.82 Å². The van der Waals surface area contributed by atoms with Gasteiger partial charge in [-0.2, -0.15) is 0 Å². The molecule has 3 rings (SSSR count). The summed E-state index contributed by atoms with van der Waals surface area (Å²) in [6.45, 7) is 2.77. The van der Waals surface area contributed by atoms with Crippen LogP contribution in [-0.2, 0) is 29.0 Å². The first-order chi connectivity index (χ1) is 16.5. The molecular weight excluding hydrogens is 451 g/mol. The van der Waals surface area contributed by atoms with E-state index in [1.807, 2.05) is 42.5 Å². The molecule has 0 unspecified atom stereocenters. The first kappa shape index (κ1) is 25.4. The van der Waals surface area contributed by atoms with E-state index in [1.54, 1.807) is 35.2 Å². The highest BCUT2D eigenvalue weighted by atomic mass is 35.5. The fourth-order valence-electron chi connectivity index (χ4n) is 3.80. The summed E-state index contributed by atoms with van der Waals surface area (Å²) < 4.78 is 14.3. The third-order valence-electron chi connectivity index (χ3n) is 5.64. The zero-order chi connectivity index (χ0) is 24.3. The summed E-state index contributed by atoms with van der Waals surface area (Å²) in [5.41, 5.74) is 2.04. The highest BCUT2D eigenvalue weighted by molar-refractivity contribution is 6.30. The van der Waals surface area contributed by atoms with Gasteiger partial charge in [-0.1, -0.05) is 85.6 Å². The van der Waals surface area contributed by atoms with Crippen LogP contribution in [0.25, 0.3) is 0 Å². The van der Waals surface area contributed by atoms with Crippen LogP contribution in [0.5, 0.6) is 0 Å². The fourth-order valence-corrected chi connectivity index (χ4v) is 4.01. The predicted octanol–water partition coefficient (Wildman–Crippen LogP) is 5.58. The molecule has 0 aliphatic heterocycles. The average molecular weight is 481 g/mol. The molecule has 3 aromatic rings. The molecule has 0 heterocycles. The van der Waals surface area contributed by atoms with E-state index in [1.165, 1.54) is 6.07 Å². The van der Waals surface area contributed by atoms with Crippen molar-refractivity contribution in [1.82, 2.24) is 10.2 Å². The zero-order valence-electron chi connectivity index (χ0n) is 19.3. The van der Waals surface area contributed by atoms with Gasteiger partial charge in [0.2, 0.25) is 11.8 Å². The van der Waals surface area contributed by atoms with Crippen molar-refractivity contribution in [2.75, 3.05) is 6.54 Å². The Kier molecular flexibility index (Phi) is 9.65. The average Bonchev–Trinajstić information content (AvgIpc) is 2.83. The molecule has 2 amide bonds. The molecule has 0 saturated heterocycles. The summed E-state index contributed by atoms with van der Waals surface area (Å²) in [5.74, 6) is -0.983. The predicted molar refractivity (Wildman–Crippen MR) is 134 cm³/mol. The monoisotopic (exact) mass is 480 g/mol. The molecule has 0 saturated carbocycles. The van der Waals surface area contributed by atoms with E-state index >= 15 is 0 Å². The molecule has 4 nitrogen and oxygen atoms in total. The maximum Gasteiger partial charge on any atom is 0.243 e. The summed E-state index contributed by atoms with van der Waals surface area (Å²) >= 11 is 6.18. The number of hydrogen-bond acceptors (Lipinski definition) is 2. The summed E-state index contributed by atoms with van der Waals surface area (Å²) in [5, 5.41) is 3.53. The van der Waals surface area contributed by atoms with Gasteiger partial charge in [-0.15, -0.1) is 0 Å². The molecule has 0 aliphatic rings. The Morgan fingerprint density at radius 2 is 1.68 bits per heavy atom. The topological polar surface area (TPSA) is 49.4 Å². The van der Waals surface area contributed by atoms with Gasteiger partial charge in [-0.05, 0) is 41.3 Å². The Hall–Kier alpha value is -3.18.